The van der Waals surface area contributed by atoms with Gasteiger partial charge in [-0.25, -0.2) is 4.99 Å². The molecule has 1 unspecified atom stereocenters. The summed E-state index contributed by atoms with van der Waals surface area (Å²) in [7, 11) is 0.176. The lowest BCUT2D eigenvalue weighted by Gasteiger charge is -2.27. The largest absolute Gasteiger partial charge is 0.491 e. The van der Waals surface area contributed by atoms with E-state index in [2.05, 4.69) is 4.99 Å². The number of carbonyl (C=O) groups excluding carboxylic acids is 2. The quantitative estimate of drug-likeness (QED) is 0.291. The van der Waals surface area contributed by atoms with Crippen LogP contribution in [0.15, 0.2) is 48.0 Å². The third kappa shape index (κ3) is 4.41. The molecule has 1 atom stereocenters. The van der Waals surface area contributed by atoms with Crippen molar-refractivity contribution in [2.75, 3.05) is 46.7 Å². The van der Waals surface area contributed by atoms with Crippen LogP contribution in [0.2, 0.25) is 0 Å². The highest BCUT2D eigenvalue weighted by molar-refractivity contribution is 7.85. The molecule has 2 amide bonds. The first-order valence-electron chi connectivity index (χ1n) is 11.4. The Labute approximate surface area is 208 Å². The van der Waals surface area contributed by atoms with Crippen LogP contribution in [0.5, 0.6) is 11.5 Å². The second kappa shape index (κ2) is 9.16. The number of ether oxygens (including phenoxy) is 2. The van der Waals surface area contributed by atoms with Gasteiger partial charge in [-0.2, -0.15) is 8.42 Å². The summed E-state index contributed by atoms with van der Waals surface area (Å²) in [4.78, 5) is 33.6. The molecule has 1 aliphatic carbocycles. The Bertz CT molecular complexity index is 1430. The second-order valence-electron chi connectivity index (χ2n) is 8.97. The SMILES string of the molecule is CN(C)CCN1C(=O)C2=C(C1=O)C1Oc3ccccc3[NH+]=C1c1ccc(OCCOS(C)(=O)=O)cc12. The standard InChI is InChI=1S/C25H25N3O7S/c1-27(2)10-11-28-24(29)20-17-14-15(33-12-13-34-36(3,31)32)8-9-16(17)22-23(21(20)25(28)30)35-19-7-5-4-6-18(19)26-22/h4-9,14,23H,10-13H2,1-3H3/p+1. The maximum Gasteiger partial charge on any atom is 0.264 e. The Balaban J connectivity index is 1.55. The summed E-state index contributed by atoms with van der Waals surface area (Å²) in [6, 6.07) is 12.6. The van der Waals surface area contributed by atoms with Gasteiger partial charge in [-0.05, 0) is 38.4 Å². The number of benzene rings is 2. The fraction of sp³-hybridized carbons (Fsp3) is 0.320. The highest BCUT2D eigenvalue weighted by Crippen LogP contribution is 2.42. The molecule has 0 fully saturated rings. The molecule has 2 aliphatic heterocycles. The Morgan fingerprint density at radius 2 is 1.83 bits per heavy atom. The van der Waals surface area contributed by atoms with Crippen molar-refractivity contribution in [3.05, 3.63) is 59.2 Å². The average molecular weight is 513 g/mol. The van der Waals surface area contributed by atoms with E-state index >= 15 is 0 Å². The summed E-state index contributed by atoms with van der Waals surface area (Å²) in [5, 5.41) is 0. The van der Waals surface area contributed by atoms with Gasteiger partial charge < -0.3 is 14.4 Å². The van der Waals surface area contributed by atoms with Crippen LogP contribution in [0.3, 0.4) is 0 Å². The first-order chi connectivity index (χ1) is 17.1. The van der Waals surface area contributed by atoms with Crippen molar-refractivity contribution in [2.45, 2.75) is 6.10 Å². The molecule has 0 saturated heterocycles. The minimum atomic E-state index is -3.58. The fourth-order valence-corrected chi connectivity index (χ4v) is 4.85. The van der Waals surface area contributed by atoms with Crippen molar-refractivity contribution in [3.8, 4) is 11.5 Å². The van der Waals surface area contributed by atoms with Gasteiger partial charge >= 0.3 is 0 Å². The van der Waals surface area contributed by atoms with E-state index in [1.807, 2.05) is 43.3 Å². The van der Waals surface area contributed by atoms with Crippen LogP contribution >= 0.6 is 0 Å². The van der Waals surface area contributed by atoms with E-state index in [0.29, 0.717) is 40.5 Å². The van der Waals surface area contributed by atoms with Crippen molar-refractivity contribution >= 4 is 38.9 Å². The minimum absolute atomic E-state index is 0.00642. The van der Waals surface area contributed by atoms with E-state index in [1.165, 1.54) is 4.90 Å². The van der Waals surface area contributed by atoms with E-state index in [9.17, 15) is 18.0 Å². The van der Waals surface area contributed by atoms with Gasteiger partial charge in [0.15, 0.2) is 5.75 Å². The number of likely N-dealkylation sites (N-methyl/N-ethyl adjacent to an activating group) is 1. The van der Waals surface area contributed by atoms with Gasteiger partial charge in [0.1, 0.15) is 19.0 Å². The molecule has 11 heteroatoms. The van der Waals surface area contributed by atoms with Crippen molar-refractivity contribution < 1.29 is 36.7 Å². The molecular weight excluding hydrogens is 486 g/mol. The molecule has 188 valence electrons. The van der Waals surface area contributed by atoms with E-state index in [0.717, 1.165) is 17.5 Å². The summed E-state index contributed by atoms with van der Waals surface area (Å²) >= 11 is 0. The predicted molar refractivity (Wildman–Crippen MR) is 131 cm³/mol. The van der Waals surface area contributed by atoms with Crippen LogP contribution in [0, 0.1) is 0 Å². The lowest BCUT2D eigenvalue weighted by Crippen LogP contribution is -2.73. The zero-order valence-corrected chi connectivity index (χ0v) is 20.9. The maximum atomic E-state index is 13.5. The van der Waals surface area contributed by atoms with E-state index in [4.69, 9.17) is 13.7 Å². The first-order valence-corrected chi connectivity index (χ1v) is 13.2. The molecular formula is C25H26N3O7S+. The van der Waals surface area contributed by atoms with Crippen LogP contribution in [0.25, 0.3) is 5.57 Å². The van der Waals surface area contributed by atoms with Gasteiger partial charge in [0.2, 0.25) is 17.5 Å². The molecule has 0 bridgehead atoms. The van der Waals surface area contributed by atoms with Crippen LogP contribution in [-0.4, -0.2) is 88.5 Å². The van der Waals surface area contributed by atoms with E-state index in [1.54, 1.807) is 18.2 Å². The maximum absolute atomic E-state index is 13.5. The van der Waals surface area contributed by atoms with E-state index in [-0.39, 0.29) is 31.6 Å². The number of hydrogen-bond donors (Lipinski definition) is 1. The molecule has 1 N–H and O–H groups in total. The summed E-state index contributed by atoms with van der Waals surface area (Å²) in [5.41, 5.74) is 3.30. The predicted octanol–water partition coefficient (Wildman–Crippen LogP) is -0.298. The Morgan fingerprint density at radius 3 is 2.58 bits per heavy atom. The normalized spacial score (nSPS) is 18.4. The van der Waals surface area contributed by atoms with Gasteiger partial charge in [-0.15, -0.1) is 0 Å². The van der Waals surface area contributed by atoms with Crippen LogP contribution < -0.4 is 14.5 Å². The van der Waals surface area contributed by atoms with Crippen molar-refractivity contribution in [1.82, 2.24) is 9.80 Å². The molecule has 0 aromatic heterocycles. The lowest BCUT2D eigenvalue weighted by molar-refractivity contribution is -0.363. The summed E-state index contributed by atoms with van der Waals surface area (Å²) in [5.74, 6) is 0.261. The number of fused-ring (bicyclic) bond motifs is 6. The topological polar surface area (TPSA) is 116 Å². The molecule has 3 aliphatic rings. The van der Waals surface area contributed by atoms with Crippen molar-refractivity contribution in [3.63, 3.8) is 0 Å². The zero-order chi connectivity index (χ0) is 25.6. The third-order valence-corrected chi connectivity index (χ3v) is 6.70. The number of hydrogen-bond acceptors (Lipinski definition) is 8. The molecule has 0 saturated carbocycles. The second-order valence-corrected chi connectivity index (χ2v) is 10.6. The summed E-state index contributed by atoms with van der Waals surface area (Å²) in [6.45, 7) is 0.619. The Hall–Kier alpha value is -3.54. The van der Waals surface area contributed by atoms with Crippen molar-refractivity contribution in [1.29, 1.82) is 0 Å². The average Bonchev–Trinajstić information content (AvgIpc) is 3.08. The molecule has 0 spiro atoms. The number of amides is 2. The highest BCUT2D eigenvalue weighted by Gasteiger charge is 2.52. The molecule has 2 heterocycles. The number of rotatable bonds is 8. The van der Waals surface area contributed by atoms with Crippen LogP contribution in [0.4, 0.5) is 5.69 Å². The fourth-order valence-electron chi connectivity index (χ4n) is 4.48. The third-order valence-electron chi connectivity index (χ3n) is 6.10. The Kier molecular flexibility index (Phi) is 6.15. The first kappa shape index (κ1) is 24.2. The van der Waals surface area contributed by atoms with Gasteiger partial charge in [0, 0.05) is 24.7 Å². The number of nitrogens with zero attached hydrogens (tertiary/aromatic N) is 2. The van der Waals surface area contributed by atoms with Crippen LogP contribution in [0.1, 0.15) is 11.1 Å². The van der Waals surface area contributed by atoms with Gasteiger partial charge in [-0.3, -0.25) is 18.7 Å². The van der Waals surface area contributed by atoms with Crippen LogP contribution in [-0.2, 0) is 23.9 Å². The molecule has 2 aromatic carbocycles. The van der Waals surface area contributed by atoms with Gasteiger partial charge in [0.05, 0.1) is 23.0 Å². The number of carbonyl (C=O) groups is 2. The molecule has 5 rings (SSSR count). The van der Waals surface area contributed by atoms with Gasteiger partial charge in [0.25, 0.3) is 21.9 Å². The summed E-state index contributed by atoms with van der Waals surface area (Å²) < 4.78 is 39.1. The van der Waals surface area contributed by atoms with Gasteiger partial charge in [-0.1, -0.05) is 12.1 Å². The van der Waals surface area contributed by atoms with Crippen molar-refractivity contribution in [2.24, 2.45) is 0 Å². The minimum Gasteiger partial charge on any atom is -0.491 e. The molecule has 10 nitrogen and oxygen atoms in total. The zero-order valence-electron chi connectivity index (χ0n) is 20.1. The highest BCUT2D eigenvalue weighted by atomic mass is 32.2. The number of nitrogens with one attached hydrogen (secondary N) is 1. The summed E-state index contributed by atoms with van der Waals surface area (Å²) in [6.07, 6.45) is 0.216. The smallest absolute Gasteiger partial charge is 0.264 e. The lowest BCUT2D eigenvalue weighted by atomic mass is 9.82. The molecule has 2 aromatic rings. The Morgan fingerprint density at radius 1 is 1.06 bits per heavy atom. The van der Waals surface area contributed by atoms with E-state index < -0.39 is 16.2 Å². The monoisotopic (exact) mass is 512 g/mol. The molecule has 0 radical (unpaired) electrons. The molecule has 36 heavy (non-hydrogen) atoms. The number of imide groups is 1. The number of para-hydroxylation sites is 2.